The molecule has 0 saturated heterocycles. The van der Waals surface area contributed by atoms with E-state index in [1.165, 1.54) is 36.9 Å². The SMILES string of the molecule is COc1cnc2c(-c3nc4cc(F)c5c(c4s3)CC(C)(CN(C(=O)O)c3cnc(OCCO)nc3)O5)cc(C)cc2n1. The third-order valence-electron chi connectivity index (χ3n) is 6.76. The van der Waals surface area contributed by atoms with Gasteiger partial charge in [-0.1, -0.05) is 0 Å². The highest BCUT2D eigenvalue weighted by Gasteiger charge is 2.41. The van der Waals surface area contributed by atoms with Crippen LogP contribution in [0.4, 0.5) is 14.9 Å². The Morgan fingerprint density at radius 3 is 2.67 bits per heavy atom. The van der Waals surface area contributed by atoms with E-state index < -0.39 is 17.5 Å². The van der Waals surface area contributed by atoms with Crippen molar-refractivity contribution in [2.45, 2.75) is 25.9 Å². The van der Waals surface area contributed by atoms with Gasteiger partial charge in [0.05, 0.1) is 65.8 Å². The van der Waals surface area contributed by atoms with Gasteiger partial charge in [0.2, 0.25) is 5.88 Å². The largest absolute Gasteiger partial charge is 0.482 e. The highest BCUT2D eigenvalue weighted by molar-refractivity contribution is 7.22. The molecule has 14 heteroatoms. The van der Waals surface area contributed by atoms with Crippen LogP contribution in [0.15, 0.2) is 36.8 Å². The minimum absolute atomic E-state index is 0.00541. The molecule has 1 aliphatic heterocycles. The Morgan fingerprint density at radius 1 is 1.17 bits per heavy atom. The number of aliphatic hydroxyl groups excluding tert-OH is 1. The summed E-state index contributed by atoms with van der Waals surface area (Å²) in [6, 6.07) is 5.21. The number of aromatic nitrogens is 5. The molecule has 12 nitrogen and oxygen atoms in total. The molecule has 2 aromatic carbocycles. The van der Waals surface area contributed by atoms with Gasteiger partial charge in [0, 0.05) is 23.6 Å². The Labute approximate surface area is 242 Å². The molecule has 6 rings (SSSR count). The summed E-state index contributed by atoms with van der Waals surface area (Å²) >= 11 is 1.39. The number of nitrogens with zero attached hydrogens (tertiary/aromatic N) is 6. The number of carboxylic acid groups (broad SMARTS) is 1. The topological polar surface area (TPSA) is 153 Å². The Kier molecular flexibility index (Phi) is 6.94. The lowest BCUT2D eigenvalue weighted by Gasteiger charge is -2.30. The van der Waals surface area contributed by atoms with Crippen LogP contribution in [-0.4, -0.2) is 73.7 Å². The average molecular weight is 593 g/mol. The zero-order valence-corrected chi connectivity index (χ0v) is 23.6. The van der Waals surface area contributed by atoms with Crippen molar-refractivity contribution in [3.63, 3.8) is 0 Å². The molecule has 216 valence electrons. The van der Waals surface area contributed by atoms with Gasteiger partial charge >= 0.3 is 12.1 Å². The molecule has 4 heterocycles. The Hall–Kier alpha value is -4.69. The predicted octanol–water partition coefficient (Wildman–Crippen LogP) is 4.40. The van der Waals surface area contributed by atoms with Gasteiger partial charge in [-0.3, -0.25) is 4.90 Å². The van der Waals surface area contributed by atoms with Gasteiger partial charge in [-0.2, -0.15) is 0 Å². The number of halogens is 1. The molecule has 5 aromatic rings. The van der Waals surface area contributed by atoms with E-state index in [0.29, 0.717) is 33.0 Å². The van der Waals surface area contributed by atoms with E-state index in [0.717, 1.165) is 20.7 Å². The molecule has 0 fully saturated rings. The third-order valence-corrected chi connectivity index (χ3v) is 7.93. The second-order valence-corrected chi connectivity index (χ2v) is 11.0. The molecule has 0 aliphatic carbocycles. The van der Waals surface area contributed by atoms with Gasteiger partial charge in [0.25, 0.3) is 0 Å². The van der Waals surface area contributed by atoms with E-state index in [-0.39, 0.29) is 43.6 Å². The van der Waals surface area contributed by atoms with Crippen LogP contribution in [0.1, 0.15) is 18.1 Å². The van der Waals surface area contributed by atoms with E-state index in [1.54, 1.807) is 13.1 Å². The van der Waals surface area contributed by atoms with Crippen LogP contribution in [0.3, 0.4) is 0 Å². The number of thiazole rings is 1. The minimum atomic E-state index is -1.25. The summed E-state index contributed by atoms with van der Waals surface area (Å²) < 4.78 is 32.6. The van der Waals surface area contributed by atoms with Crippen LogP contribution in [0.25, 0.3) is 31.8 Å². The molecule has 42 heavy (non-hydrogen) atoms. The fraction of sp³-hybridized carbons (Fsp3) is 0.286. The van der Waals surface area contributed by atoms with Crippen LogP contribution >= 0.6 is 11.3 Å². The van der Waals surface area contributed by atoms with E-state index in [1.807, 2.05) is 19.1 Å². The summed E-state index contributed by atoms with van der Waals surface area (Å²) in [6.45, 7) is 3.35. The monoisotopic (exact) mass is 592 g/mol. The van der Waals surface area contributed by atoms with Gasteiger partial charge in [0.1, 0.15) is 17.2 Å². The summed E-state index contributed by atoms with van der Waals surface area (Å²) in [5, 5.41) is 19.5. The molecule has 2 N–H and O–H groups in total. The molecule has 0 saturated carbocycles. The number of anilines is 1. The fourth-order valence-corrected chi connectivity index (χ4v) is 6.08. The van der Waals surface area contributed by atoms with E-state index in [9.17, 15) is 9.90 Å². The van der Waals surface area contributed by atoms with Crippen molar-refractivity contribution in [1.82, 2.24) is 24.9 Å². The Balaban J connectivity index is 1.34. The summed E-state index contributed by atoms with van der Waals surface area (Å²) in [6.07, 6.45) is 3.14. The lowest BCUT2D eigenvalue weighted by Crippen LogP contribution is -2.46. The van der Waals surface area contributed by atoms with Gasteiger partial charge in [-0.05, 0) is 31.5 Å². The number of amides is 1. The first kappa shape index (κ1) is 27.5. The predicted molar refractivity (Wildman–Crippen MR) is 152 cm³/mol. The maximum atomic E-state index is 15.4. The number of aryl methyl sites for hydroxylation is 1. The smallest absolute Gasteiger partial charge is 0.412 e. The number of hydrogen-bond acceptors (Lipinski definition) is 11. The molecule has 1 atom stereocenters. The van der Waals surface area contributed by atoms with Crippen molar-refractivity contribution in [2.75, 3.05) is 31.8 Å². The van der Waals surface area contributed by atoms with E-state index >= 15 is 4.39 Å². The first-order chi connectivity index (χ1) is 20.2. The summed E-state index contributed by atoms with van der Waals surface area (Å²) in [7, 11) is 1.53. The number of fused-ring (bicyclic) bond motifs is 4. The number of methoxy groups -OCH3 is 1. The van der Waals surface area contributed by atoms with Gasteiger partial charge < -0.3 is 24.4 Å². The molecular formula is C28H25FN6O6S. The second kappa shape index (κ2) is 10.6. The van der Waals surface area contributed by atoms with E-state index in [4.69, 9.17) is 24.3 Å². The molecular weight excluding hydrogens is 567 g/mol. The maximum absolute atomic E-state index is 15.4. The summed E-state index contributed by atoms with van der Waals surface area (Å²) in [5.74, 6) is -0.104. The van der Waals surface area contributed by atoms with Crippen LogP contribution < -0.4 is 19.1 Å². The van der Waals surface area contributed by atoms with Crippen LogP contribution in [0, 0.1) is 12.7 Å². The lowest BCUT2D eigenvalue weighted by atomic mass is 9.98. The molecule has 0 bridgehead atoms. The highest BCUT2D eigenvalue weighted by atomic mass is 32.1. The zero-order chi connectivity index (χ0) is 29.6. The molecule has 0 radical (unpaired) electrons. The van der Waals surface area contributed by atoms with Crippen molar-refractivity contribution in [2.24, 2.45) is 0 Å². The van der Waals surface area contributed by atoms with E-state index in [2.05, 4.69) is 19.9 Å². The Bertz CT molecular complexity index is 1830. The maximum Gasteiger partial charge on any atom is 0.412 e. The van der Waals surface area contributed by atoms with Crippen LogP contribution in [0.2, 0.25) is 0 Å². The standard InChI is InChI=1S/C28H25FN6O6S/c1-14-6-16(22-19(7-14)33-21(39-3)12-30-22)25-34-20-8-18(29)23-17(24(20)42-25)9-28(2,41-23)13-35(27(37)38)15-10-31-26(32-11-15)40-5-4-36/h6-8,10-12,36H,4-5,9,13H2,1-3H3,(H,37,38). The second-order valence-electron chi connectivity index (χ2n) is 10.0. The quantitative estimate of drug-likeness (QED) is 0.264. The summed E-state index contributed by atoms with van der Waals surface area (Å²) in [5.41, 5.74) is 3.21. The normalized spacial score (nSPS) is 15.9. The zero-order valence-electron chi connectivity index (χ0n) is 22.8. The number of ether oxygens (including phenoxy) is 3. The van der Waals surface area contributed by atoms with Gasteiger partial charge in [0.15, 0.2) is 11.6 Å². The third kappa shape index (κ3) is 4.99. The van der Waals surface area contributed by atoms with Crippen molar-refractivity contribution in [3.05, 3.63) is 53.7 Å². The average Bonchev–Trinajstić information content (AvgIpc) is 3.55. The molecule has 0 spiro atoms. The number of carbonyl (C=O) groups is 1. The lowest BCUT2D eigenvalue weighted by molar-refractivity contribution is 0.115. The molecule has 1 aliphatic rings. The van der Waals surface area contributed by atoms with Gasteiger partial charge in [-0.15, -0.1) is 11.3 Å². The van der Waals surface area contributed by atoms with Crippen molar-refractivity contribution in [1.29, 1.82) is 0 Å². The number of rotatable bonds is 8. The fourth-order valence-electron chi connectivity index (χ4n) is 4.98. The van der Waals surface area contributed by atoms with Gasteiger partial charge in [-0.25, -0.2) is 34.1 Å². The Morgan fingerprint density at radius 2 is 1.95 bits per heavy atom. The van der Waals surface area contributed by atoms with Crippen LogP contribution in [-0.2, 0) is 6.42 Å². The minimum Gasteiger partial charge on any atom is -0.482 e. The molecule has 1 unspecified atom stereocenters. The molecule has 1 amide bonds. The van der Waals surface area contributed by atoms with Crippen molar-refractivity contribution in [3.8, 4) is 28.2 Å². The first-order valence-corrected chi connectivity index (χ1v) is 13.7. The first-order valence-electron chi connectivity index (χ1n) is 12.9. The van der Waals surface area contributed by atoms with Crippen molar-refractivity contribution < 1.29 is 33.6 Å². The molecule has 3 aromatic heterocycles. The number of hydrogen-bond donors (Lipinski definition) is 2. The number of benzene rings is 2. The van der Waals surface area contributed by atoms with Crippen molar-refractivity contribution >= 4 is 44.4 Å². The number of aliphatic hydroxyl groups is 1. The highest BCUT2D eigenvalue weighted by Crippen LogP contribution is 2.46. The summed E-state index contributed by atoms with van der Waals surface area (Å²) in [4.78, 5) is 35.1. The van der Waals surface area contributed by atoms with Crippen LogP contribution in [0.5, 0.6) is 17.6 Å².